The number of nitrogens with two attached hydrogens (primary N) is 1. The molecule has 2 aromatic carbocycles. The lowest BCUT2D eigenvalue weighted by molar-refractivity contribution is -0.119. The molecule has 9 heteroatoms. The number of amides is 2. The molecular formula is C25H31FN6O2. The average molecular weight is 467 g/mol. The molecule has 0 bridgehead atoms. The zero-order valence-corrected chi connectivity index (χ0v) is 19.6. The molecule has 2 amide bonds. The number of likely N-dealkylation sites (N-methyl/N-ethyl adjacent to an activating group) is 1. The van der Waals surface area contributed by atoms with Gasteiger partial charge in [0.25, 0.3) is 5.91 Å². The Morgan fingerprint density at radius 1 is 1.15 bits per heavy atom. The lowest BCUT2D eigenvalue weighted by Crippen LogP contribution is -2.46. The molecule has 0 aliphatic carbocycles. The van der Waals surface area contributed by atoms with Crippen molar-refractivity contribution < 1.29 is 14.0 Å². The Morgan fingerprint density at radius 2 is 1.85 bits per heavy atom. The first kappa shape index (κ1) is 23.7. The molecule has 0 aromatic heterocycles. The summed E-state index contributed by atoms with van der Waals surface area (Å²) in [6.07, 6.45) is 0.109. The first-order valence-corrected chi connectivity index (χ1v) is 11.7. The van der Waals surface area contributed by atoms with Crippen LogP contribution in [0.3, 0.4) is 0 Å². The topological polar surface area (TPSA) is 94.3 Å². The highest BCUT2D eigenvalue weighted by molar-refractivity contribution is 6.40. The quantitative estimate of drug-likeness (QED) is 0.653. The molecule has 1 fully saturated rings. The Hall–Kier alpha value is -3.46. The van der Waals surface area contributed by atoms with E-state index in [1.807, 2.05) is 25.1 Å². The van der Waals surface area contributed by atoms with Gasteiger partial charge in [-0.2, -0.15) is 5.10 Å². The molecule has 2 heterocycles. The number of primary amides is 1. The summed E-state index contributed by atoms with van der Waals surface area (Å²) in [6.45, 7) is 8.53. The number of para-hydroxylation sites is 1. The fraction of sp³-hybridized carbons (Fsp3) is 0.400. The Kier molecular flexibility index (Phi) is 7.12. The summed E-state index contributed by atoms with van der Waals surface area (Å²) in [5.74, 6) is -1.31. The van der Waals surface area contributed by atoms with E-state index in [9.17, 15) is 14.0 Å². The third-order valence-electron chi connectivity index (χ3n) is 6.49. The first-order valence-electron chi connectivity index (χ1n) is 11.7. The van der Waals surface area contributed by atoms with E-state index in [1.165, 1.54) is 17.1 Å². The van der Waals surface area contributed by atoms with Gasteiger partial charge in [-0.1, -0.05) is 25.1 Å². The second kappa shape index (κ2) is 10.2. The molecule has 180 valence electrons. The number of rotatable bonds is 7. The van der Waals surface area contributed by atoms with E-state index in [4.69, 9.17) is 5.73 Å². The van der Waals surface area contributed by atoms with Gasteiger partial charge in [-0.15, -0.1) is 0 Å². The number of hydrogen-bond acceptors (Lipinski definition) is 6. The Bertz CT molecular complexity index is 1070. The van der Waals surface area contributed by atoms with Gasteiger partial charge in [0, 0.05) is 43.9 Å². The van der Waals surface area contributed by atoms with Crippen LogP contribution < -0.4 is 21.0 Å². The van der Waals surface area contributed by atoms with Gasteiger partial charge in [0.2, 0.25) is 5.91 Å². The highest BCUT2D eigenvalue weighted by Gasteiger charge is 2.35. The molecule has 0 saturated carbocycles. The van der Waals surface area contributed by atoms with Gasteiger partial charge in [0.15, 0.2) is 0 Å². The lowest BCUT2D eigenvalue weighted by atomic mass is 10.0. The molecule has 2 aromatic rings. The molecule has 34 heavy (non-hydrogen) atoms. The summed E-state index contributed by atoms with van der Waals surface area (Å²) < 4.78 is 14.2. The monoisotopic (exact) mass is 466 g/mol. The van der Waals surface area contributed by atoms with Gasteiger partial charge in [-0.05, 0) is 43.8 Å². The molecule has 8 nitrogen and oxygen atoms in total. The van der Waals surface area contributed by atoms with E-state index in [0.29, 0.717) is 11.3 Å². The van der Waals surface area contributed by atoms with Crippen molar-refractivity contribution in [2.75, 3.05) is 42.6 Å². The van der Waals surface area contributed by atoms with E-state index in [0.717, 1.165) is 38.4 Å². The van der Waals surface area contributed by atoms with E-state index >= 15 is 0 Å². The molecule has 2 unspecified atom stereocenters. The number of nitrogens with one attached hydrogen (secondary N) is 1. The number of benzene rings is 2. The van der Waals surface area contributed by atoms with E-state index < -0.39 is 23.9 Å². The summed E-state index contributed by atoms with van der Waals surface area (Å²) in [5, 5.41) is 8.84. The number of carbonyl (C=O) groups excluding carboxylic acids is 2. The normalized spacial score (nSPS) is 19.6. The predicted molar refractivity (Wildman–Crippen MR) is 131 cm³/mol. The van der Waals surface area contributed by atoms with Crippen molar-refractivity contribution in [1.82, 2.24) is 10.2 Å². The number of hydrogen-bond donors (Lipinski definition) is 2. The largest absolute Gasteiger partial charge is 0.369 e. The van der Waals surface area contributed by atoms with Gasteiger partial charge in [0.05, 0.1) is 11.7 Å². The van der Waals surface area contributed by atoms with Crippen LogP contribution in [0.4, 0.5) is 15.8 Å². The van der Waals surface area contributed by atoms with Crippen molar-refractivity contribution in [2.24, 2.45) is 10.8 Å². The minimum atomic E-state index is -0.738. The molecule has 0 radical (unpaired) electrons. The van der Waals surface area contributed by atoms with Crippen LogP contribution in [-0.2, 0) is 9.59 Å². The summed E-state index contributed by atoms with van der Waals surface area (Å²) >= 11 is 0. The fourth-order valence-corrected chi connectivity index (χ4v) is 4.51. The van der Waals surface area contributed by atoms with Gasteiger partial charge in [-0.25, -0.2) is 4.39 Å². The highest BCUT2D eigenvalue weighted by Crippen LogP contribution is 2.29. The van der Waals surface area contributed by atoms with Gasteiger partial charge >= 0.3 is 0 Å². The maximum Gasteiger partial charge on any atom is 0.268 e. The molecule has 2 atom stereocenters. The van der Waals surface area contributed by atoms with Crippen molar-refractivity contribution in [2.45, 2.75) is 32.4 Å². The number of hydrazone groups is 1. The van der Waals surface area contributed by atoms with Crippen LogP contribution >= 0.6 is 0 Å². The minimum absolute atomic E-state index is 0.109. The van der Waals surface area contributed by atoms with Crippen LogP contribution in [0.5, 0.6) is 0 Å². The first-order chi connectivity index (χ1) is 16.4. The molecule has 4 rings (SSSR count). The van der Waals surface area contributed by atoms with Crippen molar-refractivity contribution >= 4 is 28.9 Å². The van der Waals surface area contributed by atoms with Crippen molar-refractivity contribution in [3.8, 4) is 0 Å². The second-order valence-electron chi connectivity index (χ2n) is 8.67. The predicted octanol–water partition coefficient (Wildman–Crippen LogP) is 2.26. The molecule has 3 N–H and O–H groups in total. The number of nitrogens with zero attached hydrogens (tertiary/aromatic N) is 4. The van der Waals surface area contributed by atoms with Crippen LogP contribution in [0.15, 0.2) is 53.6 Å². The Morgan fingerprint density at radius 3 is 2.50 bits per heavy atom. The average Bonchev–Trinajstić information content (AvgIpc) is 3.31. The zero-order chi connectivity index (χ0) is 24.2. The van der Waals surface area contributed by atoms with Crippen LogP contribution in [0.25, 0.3) is 0 Å². The van der Waals surface area contributed by atoms with Crippen LogP contribution in [0, 0.1) is 5.82 Å². The van der Waals surface area contributed by atoms with Crippen LogP contribution in [0.1, 0.15) is 31.9 Å². The maximum atomic E-state index is 14.2. The van der Waals surface area contributed by atoms with E-state index in [1.54, 1.807) is 18.2 Å². The molecule has 2 aliphatic heterocycles. The van der Waals surface area contributed by atoms with Crippen molar-refractivity contribution in [3.05, 3.63) is 59.9 Å². The second-order valence-corrected chi connectivity index (χ2v) is 8.67. The Labute approximate surface area is 199 Å². The fourth-order valence-electron chi connectivity index (χ4n) is 4.51. The summed E-state index contributed by atoms with van der Waals surface area (Å²) in [7, 11) is 0. The van der Waals surface area contributed by atoms with Crippen molar-refractivity contribution in [1.29, 1.82) is 0 Å². The zero-order valence-electron chi connectivity index (χ0n) is 19.6. The van der Waals surface area contributed by atoms with Crippen LogP contribution in [0.2, 0.25) is 0 Å². The van der Waals surface area contributed by atoms with Crippen LogP contribution in [-0.4, -0.2) is 61.2 Å². The number of carbonyl (C=O) groups is 2. The summed E-state index contributed by atoms with van der Waals surface area (Å²) in [4.78, 5) is 29.7. The molecule has 0 spiro atoms. The van der Waals surface area contributed by atoms with Gasteiger partial charge in [-0.3, -0.25) is 14.6 Å². The number of halogens is 1. The molecule has 1 saturated heterocycles. The molecular weight excluding hydrogens is 435 g/mol. The maximum absolute atomic E-state index is 14.2. The third kappa shape index (κ3) is 5.04. The standard InChI is InChI=1S/C25H31FN6O2/c1-3-30-11-13-31(14-12-30)22-10-9-18(26)15-20(22)17(2)28-25(34)21-16-23(24(27)33)32(29-21)19-7-5-4-6-8-19/h4-10,15,17,23H,3,11-14,16H2,1-2H3,(H2,27,33)(H,28,34). The Balaban J connectivity index is 1.52. The summed E-state index contributed by atoms with van der Waals surface area (Å²) in [5.41, 5.74) is 8.11. The molecule has 2 aliphatic rings. The highest BCUT2D eigenvalue weighted by atomic mass is 19.1. The third-order valence-corrected chi connectivity index (χ3v) is 6.49. The summed E-state index contributed by atoms with van der Waals surface area (Å²) in [6, 6.07) is 12.6. The lowest BCUT2D eigenvalue weighted by Gasteiger charge is -2.37. The van der Waals surface area contributed by atoms with E-state index in [2.05, 4.69) is 27.1 Å². The van der Waals surface area contributed by atoms with Crippen molar-refractivity contribution in [3.63, 3.8) is 0 Å². The SMILES string of the molecule is CCN1CCN(c2ccc(F)cc2C(C)NC(=O)C2=NN(c3ccccc3)C(C(N)=O)C2)CC1. The number of anilines is 2. The van der Waals surface area contributed by atoms with Gasteiger partial charge in [0.1, 0.15) is 17.6 Å². The van der Waals surface area contributed by atoms with E-state index in [-0.39, 0.29) is 17.9 Å². The minimum Gasteiger partial charge on any atom is -0.369 e. The number of piperazine rings is 1. The van der Waals surface area contributed by atoms with Gasteiger partial charge < -0.3 is 20.9 Å². The smallest absolute Gasteiger partial charge is 0.268 e.